The largest absolute Gasteiger partial charge is 0.497 e. The number of carbonyl (C=O) groups is 1. The molecule has 7 nitrogen and oxygen atoms in total. The second kappa shape index (κ2) is 5.32. The van der Waals surface area contributed by atoms with Gasteiger partial charge >= 0.3 is 5.69 Å². The summed E-state index contributed by atoms with van der Waals surface area (Å²) in [6.07, 6.45) is 0. The number of rotatable bonds is 2. The molecule has 2 aromatic rings. The molecule has 1 amide bonds. The molecule has 3 rings (SSSR count). The second-order valence-electron chi connectivity index (χ2n) is 5.38. The molecule has 0 spiro atoms. The van der Waals surface area contributed by atoms with E-state index in [4.69, 9.17) is 4.74 Å². The third-order valence-electron chi connectivity index (χ3n) is 3.96. The average Bonchev–Trinajstić information content (AvgIpc) is 2.80. The quantitative estimate of drug-likeness (QED) is 0.812. The van der Waals surface area contributed by atoms with Crippen molar-refractivity contribution in [2.45, 2.75) is 20.0 Å². The number of aryl methyl sites for hydroxylation is 2. The fourth-order valence-electron chi connectivity index (χ4n) is 2.71. The Kier molecular flexibility index (Phi) is 3.48. The Bertz CT molecular complexity index is 791. The second-order valence-corrected chi connectivity index (χ2v) is 5.38. The number of nitrogens with zero attached hydrogens (tertiary/aromatic N) is 4. The highest BCUT2D eigenvalue weighted by atomic mass is 16.5. The van der Waals surface area contributed by atoms with E-state index in [2.05, 4.69) is 5.10 Å². The highest BCUT2D eigenvalue weighted by Crippen LogP contribution is 2.20. The van der Waals surface area contributed by atoms with E-state index < -0.39 is 0 Å². The number of hydrogen-bond acceptors (Lipinski definition) is 4. The molecule has 1 aromatic heterocycles. The summed E-state index contributed by atoms with van der Waals surface area (Å²) in [5.74, 6) is 1.30. The lowest BCUT2D eigenvalue weighted by Gasteiger charge is -2.27. The summed E-state index contributed by atoms with van der Waals surface area (Å²) in [6.45, 7) is 3.21. The van der Waals surface area contributed by atoms with Crippen molar-refractivity contribution in [3.8, 4) is 5.75 Å². The summed E-state index contributed by atoms with van der Waals surface area (Å²) in [7, 11) is 3.22. The van der Waals surface area contributed by atoms with Gasteiger partial charge in [-0.25, -0.2) is 9.48 Å². The van der Waals surface area contributed by atoms with Gasteiger partial charge in [0.05, 0.1) is 13.7 Å². The van der Waals surface area contributed by atoms with E-state index in [1.54, 1.807) is 35.8 Å². The van der Waals surface area contributed by atoms with Crippen LogP contribution in [0.15, 0.2) is 23.0 Å². The first-order chi connectivity index (χ1) is 10.5. The summed E-state index contributed by atoms with van der Waals surface area (Å²) in [5, 5.41) is 4.18. The van der Waals surface area contributed by atoms with Crippen molar-refractivity contribution in [2.24, 2.45) is 7.05 Å². The summed E-state index contributed by atoms with van der Waals surface area (Å²) in [5.41, 5.74) is 1.38. The van der Waals surface area contributed by atoms with Gasteiger partial charge in [-0.1, -0.05) is 0 Å². The molecule has 0 fully saturated rings. The first-order valence-electron chi connectivity index (χ1n) is 7.08. The maximum Gasteiger partial charge on any atom is 0.345 e. The molecule has 7 heteroatoms. The van der Waals surface area contributed by atoms with Crippen molar-refractivity contribution in [1.29, 1.82) is 0 Å². The monoisotopic (exact) mass is 302 g/mol. The van der Waals surface area contributed by atoms with Gasteiger partial charge in [0.1, 0.15) is 5.75 Å². The molecule has 2 heterocycles. The van der Waals surface area contributed by atoms with Crippen LogP contribution in [0.4, 0.5) is 0 Å². The zero-order chi connectivity index (χ0) is 15.9. The Morgan fingerprint density at radius 2 is 2.09 bits per heavy atom. The molecule has 0 saturated carbocycles. The van der Waals surface area contributed by atoms with Crippen molar-refractivity contribution in [3.05, 3.63) is 45.6 Å². The average molecular weight is 302 g/mol. The first kappa shape index (κ1) is 14.4. The molecule has 0 aliphatic carbocycles. The van der Waals surface area contributed by atoms with Crippen molar-refractivity contribution < 1.29 is 9.53 Å². The topological polar surface area (TPSA) is 69.4 Å². The fraction of sp³-hybridized carbons (Fsp3) is 0.400. The SMILES string of the molecule is COc1ccc(C(=O)N2CCn3c(nn(C)c3=O)C2)c(C)c1. The van der Waals surface area contributed by atoms with Gasteiger partial charge in [0.15, 0.2) is 5.82 Å². The van der Waals surface area contributed by atoms with Crippen molar-refractivity contribution in [3.63, 3.8) is 0 Å². The molecule has 0 bridgehead atoms. The molecule has 0 unspecified atom stereocenters. The molecule has 0 saturated heterocycles. The van der Waals surface area contributed by atoms with Crippen LogP contribution >= 0.6 is 0 Å². The highest BCUT2D eigenvalue weighted by molar-refractivity contribution is 5.95. The predicted octanol–water partition coefficient (Wildman–Crippen LogP) is 0.555. The van der Waals surface area contributed by atoms with E-state index in [1.807, 2.05) is 13.0 Å². The van der Waals surface area contributed by atoms with Crippen LogP contribution in [0.5, 0.6) is 5.75 Å². The third-order valence-corrected chi connectivity index (χ3v) is 3.96. The van der Waals surface area contributed by atoms with E-state index in [0.29, 0.717) is 31.0 Å². The lowest BCUT2D eigenvalue weighted by Crippen LogP contribution is -2.41. The van der Waals surface area contributed by atoms with E-state index in [0.717, 1.165) is 11.3 Å². The zero-order valence-electron chi connectivity index (χ0n) is 12.9. The molecule has 1 aliphatic rings. The number of benzene rings is 1. The molecular weight excluding hydrogens is 284 g/mol. The molecule has 22 heavy (non-hydrogen) atoms. The normalized spacial score (nSPS) is 13.9. The molecule has 0 atom stereocenters. The molecule has 0 N–H and O–H groups in total. The first-order valence-corrected chi connectivity index (χ1v) is 7.08. The van der Waals surface area contributed by atoms with E-state index in [1.165, 1.54) is 4.68 Å². The van der Waals surface area contributed by atoms with Gasteiger partial charge in [0.25, 0.3) is 5.91 Å². The minimum absolute atomic E-state index is 0.0514. The highest BCUT2D eigenvalue weighted by Gasteiger charge is 2.25. The van der Waals surface area contributed by atoms with Crippen LogP contribution in [0.25, 0.3) is 0 Å². The minimum Gasteiger partial charge on any atom is -0.497 e. The lowest BCUT2D eigenvalue weighted by molar-refractivity contribution is 0.0705. The van der Waals surface area contributed by atoms with Gasteiger partial charge in [-0.05, 0) is 30.7 Å². The van der Waals surface area contributed by atoms with Crippen molar-refractivity contribution in [2.75, 3.05) is 13.7 Å². The maximum atomic E-state index is 12.7. The number of fused-ring (bicyclic) bond motifs is 1. The summed E-state index contributed by atoms with van der Waals surface area (Å²) >= 11 is 0. The molecule has 1 aromatic carbocycles. The standard InChI is InChI=1S/C15H18N4O3/c1-10-8-11(22-3)4-5-12(10)14(20)18-6-7-19-13(9-18)16-17(2)15(19)21/h4-5,8H,6-7,9H2,1-3H3. The smallest absolute Gasteiger partial charge is 0.345 e. The minimum atomic E-state index is -0.136. The van der Waals surface area contributed by atoms with E-state index in [9.17, 15) is 9.59 Å². The van der Waals surface area contributed by atoms with Crippen LogP contribution in [0, 0.1) is 6.92 Å². The Morgan fingerprint density at radius 1 is 1.32 bits per heavy atom. The Balaban J connectivity index is 1.86. The summed E-state index contributed by atoms with van der Waals surface area (Å²) in [4.78, 5) is 26.2. The Labute approximate surface area is 127 Å². The van der Waals surface area contributed by atoms with E-state index >= 15 is 0 Å². The molecular formula is C15H18N4O3. The van der Waals surface area contributed by atoms with Gasteiger partial charge in [-0.2, -0.15) is 5.10 Å². The van der Waals surface area contributed by atoms with Gasteiger partial charge in [-0.15, -0.1) is 0 Å². The van der Waals surface area contributed by atoms with Crippen LogP contribution in [-0.2, 0) is 20.1 Å². The van der Waals surface area contributed by atoms with Gasteiger partial charge in [0, 0.05) is 25.7 Å². The number of carbonyl (C=O) groups excluding carboxylic acids is 1. The third kappa shape index (κ3) is 2.28. The summed E-state index contributed by atoms with van der Waals surface area (Å²) in [6, 6.07) is 5.39. The number of hydrogen-bond donors (Lipinski definition) is 0. The van der Waals surface area contributed by atoms with Gasteiger partial charge in [0.2, 0.25) is 0 Å². The Hall–Kier alpha value is -2.57. The lowest BCUT2D eigenvalue weighted by atomic mass is 10.1. The van der Waals surface area contributed by atoms with Crippen LogP contribution in [-0.4, -0.2) is 38.8 Å². The van der Waals surface area contributed by atoms with Crippen molar-refractivity contribution in [1.82, 2.24) is 19.2 Å². The zero-order valence-corrected chi connectivity index (χ0v) is 12.9. The van der Waals surface area contributed by atoms with E-state index in [-0.39, 0.29) is 11.6 Å². The molecule has 0 radical (unpaired) electrons. The van der Waals surface area contributed by atoms with Crippen LogP contribution < -0.4 is 10.4 Å². The molecule has 116 valence electrons. The van der Waals surface area contributed by atoms with Crippen LogP contribution in [0.2, 0.25) is 0 Å². The fourth-order valence-corrected chi connectivity index (χ4v) is 2.71. The van der Waals surface area contributed by atoms with Crippen LogP contribution in [0.1, 0.15) is 21.7 Å². The maximum absolute atomic E-state index is 12.7. The van der Waals surface area contributed by atoms with Gasteiger partial charge in [-0.3, -0.25) is 9.36 Å². The number of amides is 1. The summed E-state index contributed by atoms with van der Waals surface area (Å²) < 4.78 is 8.09. The molecule has 1 aliphatic heterocycles. The number of aromatic nitrogens is 3. The van der Waals surface area contributed by atoms with Crippen LogP contribution in [0.3, 0.4) is 0 Å². The van der Waals surface area contributed by atoms with Crippen molar-refractivity contribution >= 4 is 5.91 Å². The predicted molar refractivity (Wildman–Crippen MR) is 79.9 cm³/mol. The van der Waals surface area contributed by atoms with Gasteiger partial charge < -0.3 is 9.64 Å². The Morgan fingerprint density at radius 3 is 2.77 bits per heavy atom. The number of ether oxygens (including phenoxy) is 1. The number of methoxy groups -OCH3 is 1.